The van der Waals surface area contributed by atoms with Gasteiger partial charge in [0, 0.05) is 25.7 Å². The predicted octanol–water partition coefficient (Wildman–Crippen LogP) is 1.27. The highest BCUT2D eigenvalue weighted by Gasteiger charge is 2.24. The Morgan fingerprint density at radius 3 is 3.00 bits per heavy atom. The van der Waals surface area contributed by atoms with E-state index in [0.29, 0.717) is 18.8 Å². The van der Waals surface area contributed by atoms with E-state index >= 15 is 0 Å². The first-order chi connectivity index (χ1) is 8.61. The summed E-state index contributed by atoms with van der Waals surface area (Å²) in [5.74, 6) is -0.199. The minimum Gasteiger partial charge on any atom is -0.496 e. The molecule has 5 heteroatoms. The first-order valence-corrected chi connectivity index (χ1v) is 5.98. The molecule has 2 rings (SSSR count). The number of methoxy groups -OCH3 is 1. The molecule has 1 aliphatic heterocycles. The number of ether oxygens (including phenoxy) is 1. The highest BCUT2D eigenvalue weighted by molar-refractivity contribution is 5.97. The van der Waals surface area contributed by atoms with Crippen LogP contribution in [-0.4, -0.2) is 43.6 Å². The summed E-state index contributed by atoms with van der Waals surface area (Å²) in [7, 11) is 1.48. The van der Waals surface area contributed by atoms with E-state index in [1.807, 2.05) is 6.92 Å². The second-order valence-corrected chi connectivity index (χ2v) is 4.45. The molecule has 0 bridgehead atoms. The highest BCUT2D eigenvalue weighted by Crippen LogP contribution is 2.21. The second-order valence-electron chi connectivity index (χ2n) is 4.45. The van der Waals surface area contributed by atoms with Gasteiger partial charge in [-0.2, -0.15) is 0 Å². The monoisotopic (exact) mass is 252 g/mol. The maximum absolute atomic E-state index is 13.2. The number of piperazine rings is 1. The normalized spacial score (nSPS) is 19.7. The fourth-order valence-electron chi connectivity index (χ4n) is 2.13. The fourth-order valence-corrected chi connectivity index (χ4v) is 2.13. The van der Waals surface area contributed by atoms with Crippen molar-refractivity contribution >= 4 is 5.91 Å². The Morgan fingerprint density at radius 2 is 2.33 bits per heavy atom. The van der Waals surface area contributed by atoms with Gasteiger partial charge < -0.3 is 15.0 Å². The minimum atomic E-state index is -0.428. The van der Waals surface area contributed by atoms with Crippen molar-refractivity contribution in [2.24, 2.45) is 0 Å². The van der Waals surface area contributed by atoms with E-state index in [9.17, 15) is 9.18 Å². The van der Waals surface area contributed by atoms with Crippen LogP contribution >= 0.6 is 0 Å². The zero-order valence-electron chi connectivity index (χ0n) is 10.6. The van der Waals surface area contributed by atoms with E-state index in [2.05, 4.69) is 5.32 Å². The van der Waals surface area contributed by atoms with Gasteiger partial charge in [0.2, 0.25) is 0 Å². The largest absolute Gasteiger partial charge is 0.496 e. The number of rotatable bonds is 2. The number of benzene rings is 1. The molecular weight excluding hydrogens is 235 g/mol. The van der Waals surface area contributed by atoms with Gasteiger partial charge in [0.15, 0.2) is 0 Å². The molecule has 0 radical (unpaired) electrons. The number of hydrogen-bond donors (Lipinski definition) is 1. The number of carbonyl (C=O) groups is 1. The van der Waals surface area contributed by atoms with Crippen LogP contribution in [0.25, 0.3) is 0 Å². The topological polar surface area (TPSA) is 41.6 Å². The van der Waals surface area contributed by atoms with Crippen LogP contribution in [0.5, 0.6) is 5.75 Å². The summed E-state index contributed by atoms with van der Waals surface area (Å²) in [4.78, 5) is 14.0. The van der Waals surface area contributed by atoms with Gasteiger partial charge in [0.05, 0.1) is 12.7 Å². The van der Waals surface area contributed by atoms with Gasteiger partial charge >= 0.3 is 0 Å². The first-order valence-electron chi connectivity index (χ1n) is 5.98. The number of halogens is 1. The van der Waals surface area contributed by atoms with E-state index in [0.717, 1.165) is 6.54 Å². The van der Waals surface area contributed by atoms with E-state index < -0.39 is 5.82 Å². The van der Waals surface area contributed by atoms with Crippen LogP contribution in [0.4, 0.5) is 4.39 Å². The zero-order valence-corrected chi connectivity index (χ0v) is 10.6. The van der Waals surface area contributed by atoms with Gasteiger partial charge in [-0.05, 0) is 25.1 Å². The van der Waals surface area contributed by atoms with E-state index in [-0.39, 0.29) is 17.5 Å². The van der Waals surface area contributed by atoms with E-state index in [1.54, 1.807) is 4.90 Å². The molecule has 1 atom stereocenters. The summed E-state index contributed by atoms with van der Waals surface area (Å²) in [5.41, 5.74) is 0.284. The molecule has 0 spiro atoms. The van der Waals surface area contributed by atoms with Crippen LogP contribution in [0.3, 0.4) is 0 Å². The Morgan fingerprint density at radius 1 is 1.56 bits per heavy atom. The molecule has 0 saturated carbocycles. The summed E-state index contributed by atoms with van der Waals surface area (Å²) < 4.78 is 18.4. The lowest BCUT2D eigenvalue weighted by Gasteiger charge is -2.32. The SMILES string of the molecule is COc1ccc(F)cc1C(=O)N1CCN[C@@H](C)C1. The van der Waals surface area contributed by atoms with Gasteiger partial charge in [-0.25, -0.2) is 4.39 Å². The number of hydrogen-bond acceptors (Lipinski definition) is 3. The van der Waals surface area contributed by atoms with E-state index in [1.165, 1.54) is 25.3 Å². The van der Waals surface area contributed by atoms with Crippen molar-refractivity contribution < 1.29 is 13.9 Å². The summed E-state index contributed by atoms with van der Waals surface area (Å²) >= 11 is 0. The number of amides is 1. The zero-order chi connectivity index (χ0) is 13.1. The molecule has 0 unspecified atom stereocenters. The maximum atomic E-state index is 13.2. The van der Waals surface area contributed by atoms with Gasteiger partial charge in [0.25, 0.3) is 5.91 Å². The number of nitrogens with zero attached hydrogens (tertiary/aromatic N) is 1. The molecule has 1 N–H and O–H groups in total. The molecule has 1 saturated heterocycles. The molecule has 1 aromatic rings. The lowest BCUT2D eigenvalue weighted by molar-refractivity contribution is 0.0705. The Labute approximate surface area is 106 Å². The van der Waals surface area contributed by atoms with Crippen molar-refractivity contribution in [2.75, 3.05) is 26.7 Å². The van der Waals surface area contributed by atoms with Crippen LogP contribution in [0, 0.1) is 5.82 Å². The highest BCUT2D eigenvalue weighted by atomic mass is 19.1. The summed E-state index contributed by atoms with van der Waals surface area (Å²) in [5, 5.41) is 3.26. The van der Waals surface area contributed by atoms with Gasteiger partial charge in [-0.1, -0.05) is 0 Å². The first kappa shape index (κ1) is 12.8. The molecule has 0 aromatic heterocycles. The van der Waals surface area contributed by atoms with Crippen molar-refractivity contribution in [1.82, 2.24) is 10.2 Å². The Balaban J connectivity index is 2.24. The number of carbonyl (C=O) groups excluding carboxylic acids is 1. The molecule has 0 aliphatic carbocycles. The quantitative estimate of drug-likeness (QED) is 0.861. The van der Waals surface area contributed by atoms with Gasteiger partial charge in [-0.3, -0.25) is 4.79 Å². The number of nitrogens with one attached hydrogen (secondary N) is 1. The summed E-state index contributed by atoms with van der Waals surface area (Å²) in [6, 6.07) is 4.25. The van der Waals surface area contributed by atoms with Crippen LogP contribution < -0.4 is 10.1 Å². The molecular formula is C13H17FN2O2. The Kier molecular flexibility index (Phi) is 3.81. The third kappa shape index (κ3) is 2.61. The average Bonchev–Trinajstić information content (AvgIpc) is 2.38. The lowest BCUT2D eigenvalue weighted by Crippen LogP contribution is -2.51. The van der Waals surface area contributed by atoms with Gasteiger partial charge in [0.1, 0.15) is 11.6 Å². The Bertz CT molecular complexity index is 451. The molecule has 1 amide bonds. The average molecular weight is 252 g/mol. The van der Waals surface area contributed by atoms with Crippen molar-refractivity contribution in [1.29, 1.82) is 0 Å². The standard InChI is InChI=1S/C13H17FN2O2/c1-9-8-16(6-5-15-9)13(17)11-7-10(14)3-4-12(11)18-2/h3-4,7,9,15H,5-6,8H2,1-2H3/t9-/m0/s1. The lowest BCUT2D eigenvalue weighted by atomic mass is 10.1. The molecule has 98 valence electrons. The Hall–Kier alpha value is -1.62. The van der Waals surface area contributed by atoms with Crippen LogP contribution in [-0.2, 0) is 0 Å². The smallest absolute Gasteiger partial charge is 0.257 e. The summed E-state index contributed by atoms with van der Waals surface area (Å²) in [6.45, 7) is 4.02. The molecule has 1 aromatic carbocycles. The predicted molar refractivity (Wildman–Crippen MR) is 66.3 cm³/mol. The molecule has 18 heavy (non-hydrogen) atoms. The van der Waals surface area contributed by atoms with Crippen molar-refractivity contribution in [3.63, 3.8) is 0 Å². The third-order valence-corrected chi connectivity index (χ3v) is 3.05. The second kappa shape index (κ2) is 5.35. The van der Waals surface area contributed by atoms with Crippen LogP contribution in [0.15, 0.2) is 18.2 Å². The van der Waals surface area contributed by atoms with Gasteiger partial charge in [-0.15, -0.1) is 0 Å². The van der Waals surface area contributed by atoms with Crippen molar-refractivity contribution in [3.8, 4) is 5.75 Å². The molecule has 1 fully saturated rings. The third-order valence-electron chi connectivity index (χ3n) is 3.05. The van der Waals surface area contributed by atoms with Crippen LogP contribution in [0.1, 0.15) is 17.3 Å². The van der Waals surface area contributed by atoms with E-state index in [4.69, 9.17) is 4.74 Å². The van der Waals surface area contributed by atoms with Crippen molar-refractivity contribution in [3.05, 3.63) is 29.6 Å². The minimum absolute atomic E-state index is 0.181. The molecule has 1 heterocycles. The molecule has 1 aliphatic rings. The summed E-state index contributed by atoms with van der Waals surface area (Å²) in [6.07, 6.45) is 0. The fraction of sp³-hybridized carbons (Fsp3) is 0.462. The molecule has 4 nitrogen and oxygen atoms in total. The van der Waals surface area contributed by atoms with Crippen LogP contribution in [0.2, 0.25) is 0 Å². The van der Waals surface area contributed by atoms with Crippen molar-refractivity contribution in [2.45, 2.75) is 13.0 Å². The maximum Gasteiger partial charge on any atom is 0.257 e.